The molecule has 1 N–H and O–H groups in total. The van der Waals surface area contributed by atoms with Gasteiger partial charge in [-0.25, -0.2) is 4.90 Å². The molecule has 1 aliphatic rings. The molecule has 7 nitrogen and oxygen atoms in total. The maximum Gasteiger partial charge on any atom is 0.471 e. The van der Waals surface area contributed by atoms with E-state index in [-0.39, 0.29) is 22.5 Å². The first-order valence-corrected chi connectivity index (χ1v) is 12.3. The lowest BCUT2D eigenvalue weighted by Crippen LogP contribution is -2.32. The molecule has 0 aliphatic carbocycles. The van der Waals surface area contributed by atoms with E-state index in [0.29, 0.717) is 11.1 Å². The van der Waals surface area contributed by atoms with Gasteiger partial charge in [-0.2, -0.15) is 13.2 Å². The van der Waals surface area contributed by atoms with E-state index in [0.717, 1.165) is 26.7 Å². The van der Waals surface area contributed by atoms with Crippen LogP contribution in [-0.2, 0) is 28.5 Å². The van der Waals surface area contributed by atoms with Crippen LogP contribution in [0.25, 0.3) is 33.0 Å². The summed E-state index contributed by atoms with van der Waals surface area (Å²) in [5.74, 6) is -3.40. The van der Waals surface area contributed by atoms with E-state index in [4.69, 9.17) is 0 Å². The molecule has 2 aromatic heterocycles. The zero-order valence-electron chi connectivity index (χ0n) is 21.3. The lowest BCUT2D eigenvalue weighted by molar-refractivity contribution is -0.167. The number of amides is 3. The lowest BCUT2D eigenvalue weighted by atomic mass is 9.95. The zero-order chi connectivity index (χ0) is 28.3. The van der Waals surface area contributed by atoms with Gasteiger partial charge in [-0.15, -0.1) is 0 Å². The van der Waals surface area contributed by atoms with Gasteiger partial charge in [0.2, 0.25) is 0 Å². The van der Waals surface area contributed by atoms with Crippen molar-refractivity contribution in [2.45, 2.75) is 6.18 Å². The fourth-order valence-electron chi connectivity index (χ4n) is 5.27. The molecule has 10 heteroatoms. The van der Waals surface area contributed by atoms with Crippen LogP contribution in [0.1, 0.15) is 11.1 Å². The van der Waals surface area contributed by atoms with Crippen molar-refractivity contribution in [2.24, 2.45) is 14.1 Å². The van der Waals surface area contributed by atoms with Gasteiger partial charge in [-0.1, -0.05) is 42.5 Å². The molecule has 40 heavy (non-hydrogen) atoms. The minimum atomic E-state index is -5.10. The molecule has 3 amide bonds. The minimum Gasteiger partial charge on any atom is -0.350 e. The monoisotopic (exact) mass is 542 g/mol. The van der Waals surface area contributed by atoms with Crippen molar-refractivity contribution in [3.63, 3.8) is 0 Å². The van der Waals surface area contributed by atoms with E-state index >= 15 is 0 Å². The molecule has 0 radical (unpaired) electrons. The van der Waals surface area contributed by atoms with Gasteiger partial charge >= 0.3 is 12.1 Å². The molecule has 0 fully saturated rings. The third-order valence-electron chi connectivity index (χ3n) is 7.04. The number of rotatable bonds is 4. The molecule has 1 aliphatic heterocycles. The summed E-state index contributed by atoms with van der Waals surface area (Å²) in [6, 6.07) is 20.2. The van der Waals surface area contributed by atoms with Crippen molar-refractivity contribution in [2.75, 3.05) is 10.2 Å². The first kappa shape index (κ1) is 25.2. The number of halogens is 3. The maximum absolute atomic E-state index is 14.2. The Labute approximate surface area is 225 Å². The number of hydrogen-bond donors (Lipinski definition) is 1. The highest BCUT2D eigenvalue weighted by atomic mass is 19.4. The molecule has 200 valence electrons. The van der Waals surface area contributed by atoms with Crippen LogP contribution in [0.2, 0.25) is 0 Å². The highest BCUT2D eigenvalue weighted by molar-refractivity contribution is 6.58. The average Bonchev–Trinajstić information content (AvgIpc) is 3.52. The predicted molar refractivity (Wildman–Crippen MR) is 146 cm³/mol. The Morgan fingerprint density at radius 3 is 1.73 bits per heavy atom. The summed E-state index contributed by atoms with van der Waals surface area (Å²) < 4.78 is 42.3. The molecular weight excluding hydrogens is 521 g/mol. The summed E-state index contributed by atoms with van der Waals surface area (Å²) in [6.45, 7) is 0. The number of carbonyl (C=O) groups excluding carboxylic acids is 3. The molecular formula is C30H21F3N4O3. The minimum absolute atomic E-state index is 0.0305. The summed E-state index contributed by atoms with van der Waals surface area (Å²) >= 11 is 0. The first-order chi connectivity index (χ1) is 19.1. The highest BCUT2D eigenvalue weighted by Crippen LogP contribution is 2.43. The molecule has 0 saturated carbocycles. The second-order valence-electron chi connectivity index (χ2n) is 9.54. The molecule has 0 unspecified atom stereocenters. The molecule has 3 aromatic carbocycles. The molecule has 0 spiro atoms. The van der Waals surface area contributed by atoms with Gasteiger partial charge in [0.25, 0.3) is 11.8 Å². The summed E-state index contributed by atoms with van der Waals surface area (Å²) in [6.07, 6.45) is -1.51. The normalized spacial score (nSPS) is 14.2. The summed E-state index contributed by atoms with van der Waals surface area (Å²) in [7, 11) is 3.69. The van der Waals surface area contributed by atoms with E-state index < -0.39 is 23.9 Å². The second-order valence-corrected chi connectivity index (χ2v) is 9.54. The van der Waals surface area contributed by atoms with Crippen molar-refractivity contribution in [1.29, 1.82) is 0 Å². The Balaban J connectivity index is 1.55. The molecule has 6 rings (SSSR count). The molecule has 0 atom stereocenters. The van der Waals surface area contributed by atoms with Gasteiger partial charge in [0, 0.05) is 65.1 Å². The number of fused-ring (bicyclic) bond motifs is 2. The Kier molecular flexibility index (Phi) is 5.65. The van der Waals surface area contributed by atoms with Gasteiger partial charge < -0.3 is 14.5 Å². The highest BCUT2D eigenvalue weighted by Gasteiger charge is 2.43. The van der Waals surface area contributed by atoms with Gasteiger partial charge in [-0.3, -0.25) is 14.4 Å². The van der Waals surface area contributed by atoms with Crippen LogP contribution in [-0.4, -0.2) is 33.0 Å². The van der Waals surface area contributed by atoms with Crippen molar-refractivity contribution in [3.05, 3.63) is 96.3 Å². The van der Waals surface area contributed by atoms with E-state index in [9.17, 15) is 27.6 Å². The number of anilines is 2. The number of para-hydroxylation sites is 2. The maximum atomic E-state index is 14.2. The standard InChI is InChI=1S/C30H21F3N4O3/c1-35-15-21(19-10-3-5-12-23(19)35)25-26(22-16-36(2)24-13-6-4-11-20(22)24)28(39)37(27(25)38)18-9-7-8-17(14-18)34-29(40)30(31,32)33/h3-16H,1-2H3,(H,34,40). The Hall–Kier alpha value is -5.12. The number of benzene rings is 3. The third kappa shape index (κ3) is 3.87. The van der Waals surface area contributed by atoms with E-state index in [1.165, 1.54) is 24.3 Å². The van der Waals surface area contributed by atoms with Crippen LogP contribution in [0.3, 0.4) is 0 Å². The summed E-state index contributed by atoms with van der Waals surface area (Å²) in [4.78, 5) is 40.8. The van der Waals surface area contributed by atoms with Crippen LogP contribution in [0.4, 0.5) is 24.5 Å². The first-order valence-electron chi connectivity index (χ1n) is 12.3. The van der Waals surface area contributed by atoms with E-state index in [1.807, 2.05) is 71.8 Å². The van der Waals surface area contributed by atoms with Crippen molar-refractivity contribution in [3.8, 4) is 0 Å². The number of nitrogens with zero attached hydrogens (tertiary/aromatic N) is 3. The van der Waals surface area contributed by atoms with Gasteiger partial charge in [0.1, 0.15) is 0 Å². The van der Waals surface area contributed by atoms with Crippen LogP contribution in [0.15, 0.2) is 85.2 Å². The number of aryl methyl sites for hydroxylation is 2. The lowest BCUT2D eigenvalue weighted by Gasteiger charge is -2.17. The molecule has 0 saturated heterocycles. The van der Waals surface area contributed by atoms with E-state index in [1.54, 1.807) is 17.7 Å². The number of aromatic nitrogens is 2. The number of hydrogen-bond acceptors (Lipinski definition) is 3. The van der Waals surface area contributed by atoms with Crippen molar-refractivity contribution < 1.29 is 27.6 Å². The van der Waals surface area contributed by atoms with Crippen LogP contribution in [0.5, 0.6) is 0 Å². The van der Waals surface area contributed by atoms with Crippen LogP contribution in [0, 0.1) is 0 Å². The predicted octanol–water partition coefficient (Wildman–Crippen LogP) is 5.66. The quantitative estimate of drug-likeness (QED) is 0.298. The molecule has 0 bridgehead atoms. The fourth-order valence-corrected chi connectivity index (χ4v) is 5.27. The van der Waals surface area contributed by atoms with Gasteiger partial charge in [0.05, 0.1) is 16.8 Å². The van der Waals surface area contributed by atoms with Gasteiger partial charge in [0.15, 0.2) is 0 Å². The largest absolute Gasteiger partial charge is 0.471 e. The third-order valence-corrected chi connectivity index (χ3v) is 7.04. The zero-order valence-corrected chi connectivity index (χ0v) is 21.3. The smallest absolute Gasteiger partial charge is 0.350 e. The van der Waals surface area contributed by atoms with E-state index in [2.05, 4.69) is 0 Å². The van der Waals surface area contributed by atoms with Crippen molar-refractivity contribution in [1.82, 2.24) is 9.13 Å². The average molecular weight is 543 g/mol. The Bertz CT molecular complexity index is 1810. The number of imide groups is 1. The topological polar surface area (TPSA) is 76.3 Å². The SMILES string of the molecule is Cn1cc(C2=C(c3cn(C)c4ccccc34)C(=O)N(c3cccc(NC(=O)C(F)(F)F)c3)C2=O)c2ccccc21. The molecule has 5 aromatic rings. The van der Waals surface area contributed by atoms with Gasteiger partial charge in [-0.05, 0) is 30.3 Å². The van der Waals surface area contributed by atoms with Crippen LogP contribution < -0.4 is 10.2 Å². The second kappa shape index (κ2) is 8.98. The number of alkyl halides is 3. The van der Waals surface area contributed by atoms with Crippen LogP contribution >= 0.6 is 0 Å². The summed E-state index contributed by atoms with van der Waals surface area (Å²) in [5.41, 5.74) is 3.03. The molecule has 3 heterocycles. The summed E-state index contributed by atoms with van der Waals surface area (Å²) in [5, 5.41) is 3.32. The fraction of sp³-hybridized carbons (Fsp3) is 0.100. The Morgan fingerprint density at radius 2 is 1.23 bits per heavy atom. The van der Waals surface area contributed by atoms with Crippen molar-refractivity contribution >= 4 is 62.0 Å². The number of carbonyl (C=O) groups is 3. The Morgan fingerprint density at radius 1 is 0.725 bits per heavy atom. The number of nitrogens with one attached hydrogen (secondary N) is 1.